The average Bonchev–Trinajstić information content (AvgIpc) is 2.69. The Bertz CT molecular complexity index is 1090. The summed E-state index contributed by atoms with van der Waals surface area (Å²) >= 11 is 0. The van der Waals surface area contributed by atoms with E-state index < -0.39 is 5.69 Å². The molecule has 6 heteroatoms. The number of nitrogens with one attached hydrogen (secondary N) is 2. The third-order valence-corrected chi connectivity index (χ3v) is 5.20. The van der Waals surface area contributed by atoms with Gasteiger partial charge in [0.1, 0.15) is 5.82 Å². The van der Waals surface area contributed by atoms with E-state index in [4.69, 9.17) is 0 Å². The number of benzene rings is 2. The van der Waals surface area contributed by atoms with Crippen molar-refractivity contribution in [2.45, 2.75) is 26.4 Å². The lowest BCUT2D eigenvalue weighted by atomic mass is 10.1. The van der Waals surface area contributed by atoms with Gasteiger partial charge in [0.2, 0.25) is 0 Å². The summed E-state index contributed by atoms with van der Waals surface area (Å²) in [6.45, 7) is 5.09. The molecule has 138 valence electrons. The van der Waals surface area contributed by atoms with Crippen LogP contribution in [-0.2, 0) is 6.54 Å². The Balaban J connectivity index is 1.77. The molecular formula is C21H22N4O2. The van der Waals surface area contributed by atoms with Crippen molar-refractivity contribution in [2.75, 3.05) is 12.0 Å². The van der Waals surface area contributed by atoms with Crippen LogP contribution in [0.2, 0.25) is 0 Å². The van der Waals surface area contributed by atoms with Crippen LogP contribution in [0.25, 0.3) is 5.69 Å². The highest BCUT2D eigenvalue weighted by molar-refractivity contribution is 5.54. The Hall–Kier alpha value is -3.12. The van der Waals surface area contributed by atoms with Gasteiger partial charge in [-0.15, -0.1) is 0 Å². The van der Waals surface area contributed by atoms with Crippen LogP contribution in [-0.4, -0.2) is 21.1 Å². The molecular weight excluding hydrogens is 340 g/mol. The van der Waals surface area contributed by atoms with Gasteiger partial charge in [-0.05, 0) is 31.0 Å². The monoisotopic (exact) mass is 362 g/mol. The molecule has 0 bridgehead atoms. The molecule has 0 amide bonds. The van der Waals surface area contributed by atoms with Crippen LogP contribution in [0.3, 0.4) is 0 Å². The third kappa shape index (κ3) is 3.08. The van der Waals surface area contributed by atoms with E-state index >= 15 is 0 Å². The molecule has 6 nitrogen and oxygen atoms in total. The molecule has 2 N–H and O–H groups in total. The molecule has 1 aliphatic heterocycles. The smallest absolute Gasteiger partial charge is 0.334 e. The molecule has 0 spiro atoms. The molecule has 1 atom stereocenters. The van der Waals surface area contributed by atoms with Crippen LogP contribution in [0.5, 0.6) is 0 Å². The topological polar surface area (TPSA) is 70.1 Å². The first-order chi connectivity index (χ1) is 13.1. The highest BCUT2D eigenvalue weighted by atomic mass is 16.2. The van der Waals surface area contributed by atoms with Gasteiger partial charge in [-0.2, -0.15) is 0 Å². The lowest BCUT2D eigenvalue weighted by molar-refractivity contribution is 0.207. The summed E-state index contributed by atoms with van der Waals surface area (Å²) in [5.41, 5.74) is 2.74. The fourth-order valence-electron chi connectivity index (χ4n) is 3.60. The second-order valence-electron chi connectivity index (χ2n) is 6.88. The minimum atomic E-state index is -0.426. The average molecular weight is 362 g/mol. The summed E-state index contributed by atoms with van der Waals surface area (Å²) in [6.07, 6.45) is 0. The summed E-state index contributed by atoms with van der Waals surface area (Å²) in [6, 6.07) is 18.0. The molecule has 0 saturated carbocycles. The first-order valence-corrected chi connectivity index (χ1v) is 9.03. The Morgan fingerprint density at radius 2 is 1.70 bits per heavy atom. The normalized spacial score (nSPS) is 15.0. The number of hydrogen-bond acceptors (Lipinski definition) is 4. The van der Waals surface area contributed by atoms with Crippen molar-refractivity contribution < 1.29 is 0 Å². The standard InChI is InChI=1S/C21H22N4O2/c1-14-8-6-7-11-18(14)25-19-17(20(26)23-21(25)27)12-24(13-22-19)15(2)16-9-4-3-5-10-16/h3-11,15,22H,12-13H2,1-2H3,(H,23,26,27). The van der Waals surface area contributed by atoms with Crippen LogP contribution in [0, 0.1) is 6.92 Å². The maximum atomic E-state index is 12.6. The van der Waals surface area contributed by atoms with Crippen molar-refractivity contribution in [2.24, 2.45) is 0 Å². The SMILES string of the molecule is Cc1ccccc1-n1c2c(c(=O)[nH]c1=O)CN(C(C)c1ccccc1)CN2. The van der Waals surface area contributed by atoms with E-state index in [9.17, 15) is 9.59 Å². The zero-order valence-electron chi connectivity index (χ0n) is 15.4. The first kappa shape index (κ1) is 17.3. The fourth-order valence-corrected chi connectivity index (χ4v) is 3.60. The van der Waals surface area contributed by atoms with Crippen LogP contribution in [0.15, 0.2) is 64.2 Å². The molecule has 4 rings (SSSR count). The van der Waals surface area contributed by atoms with Crippen molar-refractivity contribution in [3.63, 3.8) is 0 Å². The third-order valence-electron chi connectivity index (χ3n) is 5.20. The lowest BCUT2D eigenvalue weighted by Crippen LogP contribution is -2.43. The van der Waals surface area contributed by atoms with Crippen molar-refractivity contribution in [3.8, 4) is 5.69 Å². The number of aromatic nitrogens is 2. The predicted molar refractivity (Wildman–Crippen MR) is 106 cm³/mol. The van der Waals surface area contributed by atoms with Crippen molar-refractivity contribution in [3.05, 3.63) is 92.1 Å². The Labute approximate surface area is 157 Å². The summed E-state index contributed by atoms with van der Waals surface area (Å²) in [5.74, 6) is 0.578. The van der Waals surface area contributed by atoms with Crippen LogP contribution in [0.4, 0.5) is 5.82 Å². The number of rotatable bonds is 3. The number of aryl methyl sites for hydroxylation is 1. The van der Waals surface area contributed by atoms with Gasteiger partial charge < -0.3 is 5.32 Å². The van der Waals surface area contributed by atoms with Crippen LogP contribution >= 0.6 is 0 Å². The predicted octanol–water partition coefficient (Wildman–Crippen LogP) is 2.78. The highest BCUT2D eigenvalue weighted by Gasteiger charge is 2.26. The zero-order valence-corrected chi connectivity index (χ0v) is 15.4. The van der Waals surface area contributed by atoms with E-state index in [0.717, 1.165) is 11.3 Å². The summed E-state index contributed by atoms with van der Waals surface area (Å²) in [4.78, 5) is 29.7. The van der Waals surface area contributed by atoms with E-state index in [2.05, 4.69) is 34.3 Å². The van der Waals surface area contributed by atoms with E-state index in [-0.39, 0.29) is 11.6 Å². The van der Waals surface area contributed by atoms with Gasteiger partial charge in [0.25, 0.3) is 5.56 Å². The van der Waals surface area contributed by atoms with Gasteiger partial charge in [0, 0.05) is 12.6 Å². The second kappa shape index (κ2) is 6.89. The second-order valence-corrected chi connectivity index (χ2v) is 6.88. The number of nitrogens with zero attached hydrogens (tertiary/aromatic N) is 2. The number of anilines is 1. The summed E-state index contributed by atoms with van der Waals surface area (Å²) < 4.78 is 1.57. The molecule has 1 aromatic heterocycles. The largest absolute Gasteiger partial charge is 0.358 e. The molecule has 1 aliphatic rings. The molecule has 27 heavy (non-hydrogen) atoms. The quantitative estimate of drug-likeness (QED) is 0.752. The summed E-state index contributed by atoms with van der Waals surface area (Å²) in [5, 5.41) is 3.31. The summed E-state index contributed by atoms with van der Waals surface area (Å²) in [7, 11) is 0. The lowest BCUT2D eigenvalue weighted by Gasteiger charge is -2.35. The molecule has 3 aromatic rings. The van der Waals surface area contributed by atoms with Crippen molar-refractivity contribution in [1.29, 1.82) is 0 Å². The van der Waals surface area contributed by atoms with Gasteiger partial charge in [-0.25, -0.2) is 9.36 Å². The Morgan fingerprint density at radius 1 is 1.00 bits per heavy atom. The Kier molecular flexibility index (Phi) is 4.41. The maximum Gasteiger partial charge on any atom is 0.334 e. The number of H-pyrrole nitrogens is 1. The van der Waals surface area contributed by atoms with Gasteiger partial charge in [0.15, 0.2) is 0 Å². The minimum absolute atomic E-state index is 0.144. The van der Waals surface area contributed by atoms with E-state index in [1.54, 1.807) is 4.57 Å². The number of aromatic amines is 1. The molecule has 1 unspecified atom stereocenters. The zero-order chi connectivity index (χ0) is 19.0. The van der Waals surface area contributed by atoms with Gasteiger partial charge in [-0.1, -0.05) is 48.5 Å². The fraction of sp³-hybridized carbons (Fsp3) is 0.238. The van der Waals surface area contributed by atoms with Crippen molar-refractivity contribution in [1.82, 2.24) is 14.5 Å². The molecule has 2 heterocycles. The first-order valence-electron chi connectivity index (χ1n) is 9.03. The van der Waals surface area contributed by atoms with Gasteiger partial charge in [-0.3, -0.25) is 14.7 Å². The van der Waals surface area contributed by atoms with Crippen molar-refractivity contribution >= 4 is 5.82 Å². The molecule has 2 aromatic carbocycles. The molecule has 0 fully saturated rings. The minimum Gasteiger partial charge on any atom is -0.358 e. The maximum absolute atomic E-state index is 12.6. The van der Waals surface area contributed by atoms with Gasteiger partial charge >= 0.3 is 5.69 Å². The number of hydrogen-bond donors (Lipinski definition) is 2. The number of para-hydroxylation sites is 1. The number of fused-ring (bicyclic) bond motifs is 1. The Morgan fingerprint density at radius 3 is 2.44 bits per heavy atom. The van der Waals surface area contributed by atoms with E-state index in [0.29, 0.717) is 24.6 Å². The van der Waals surface area contributed by atoms with Crippen LogP contribution < -0.4 is 16.6 Å². The highest BCUT2D eigenvalue weighted by Crippen LogP contribution is 2.28. The van der Waals surface area contributed by atoms with Crippen LogP contribution in [0.1, 0.15) is 29.7 Å². The molecule has 0 saturated heterocycles. The van der Waals surface area contributed by atoms with E-state index in [1.165, 1.54) is 5.56 Å². The molecule has 0 radical (unpaired) electrons. The van der Waals surface area contributed by atoms with E-state index in [1.807, 2.05) is 49.4 Å². The van der Waals surface area contributed by atoms with Gasteiger partial charge in [0.05, 0.1) is 17.9 Å². The molecule has 0 aliphatic carbocycles.